The van der Waals surface area contributed by atoms with E-state index in [9.17, 15) is 0 Å². The number of nitrogens with one attached hydrogen (secondary N) is 2. The number of aromatic nitrogens is 2. The first-order valence-electron chi connectivity index (χ1n) is 7.27. The summed E-state index contributed by atoms with van der Waals surface area (Å²) in [6.07, 6.45) is 1.55. The van der Waals surface area contributed by atoms with Gasteiger partial charge < -0.3 is 20.3 Å². The van der Waals surface area contributed by atoms with Gasteiger partial charge in [0.05, 0.1) is 7.11 Å². The van der Waals surface area contributed by atoms with Gasteiger partial charge in [-0.15, -0.1) is 0 Å². The monoisotopic (exact) mass is 281 g/mol. The Kier molecular flexibility index (Phi) is 7.08. The molecule has 0 bridgehead atoms. The third-order valence-electron chi connectivity index (χ3n) is 3.16. The summed E-state index contributed by atoms with van der Waals surface area (Å²) >= 11 is 0. The van der Waals surface area contributed by atoms with Crippen LogP contribution in [0.3, 0.4) is 0 Å². The molecule has 1 aromatic rings. The molecule has 0 aromatic carbocycles. The van der Waals surface area contributed by atoms with Crippen molar-refractivity contribution in [2.45, 2.75) is 33.7 Å². The van der Waals surface area contributed by atoms with Crippen molar-refractivity contribution in [3.63, 3.8) is 0 Å². The zero-order chi connectivity index (χ0) is 15.0. The fraction of sp³-hybridized carbons (Fsp3) is 0.714. The largest absolute Gasteiger partial charge is 0.490 e. The van der Waals surface area contributed by atoms with Crippen LogP contribution in [0.1, 0.15) is 27.7 Å². The number of nitrogens with zero attached hydrogens (tertiary/aromatic N) is 3. The smallest absolute Gasteiger partial charge is 0.204 e. The van der Waals surface area contributed by atoms with Crippen LogP contribution in [-0.2, 0) is 0 Å². The maximum absolute atomic E-state index is 5.42. The van der Waals surface area contributed by atoms with Gasteiger partial charge in [0, 0.05) is 19.1 Å². The van der Waals surface area contributed by atoms with E-state index in [-0.39, 0.29) is 6.04 Å². The fourth-order valence-electron chi connectivity index (χ4n) is 2.11. The fourth-order valence-corrected chi connectivity index (χ4v) is 2.11. The molecule has 0 aliphatic heterocycles. The van der Waals surface area contributed by atoms with Crippen molar-refractivity contribution in [1.82, 2.24) is 14.9 Å². The van der Waals surface area contributed by atoms with E-state index in [0.29, 0.717) is 5.75 Å². The van der Waals surface area contributed by atoms with E-state index in [0.717, 1.165) is 37.8 Å². The number of anilines is 2. The predicted octanol–water partition coefficient (Wildman–Crippen LogP) is 2.06. The Bertz CT molecular complexity index is 395. The molecule has 0 saturated carbocycles. The summed E-state index contributed by atoms with van der Waals surface area (Å²) in [5.74, 6) is 2.13. The minimum atomic E-state index is 0.285. The van der Waals surface area contributed by atoms with E-state index in [2.05, 4.69) is 46.3 Å². The number of hydrogen-bond donors (Lipinski definition) is 2. The first-order chi connectivity index (χ1) is 9.65. The van der Waals surface area contributed by atoms with Crippen LogP contribution in [-0.4, -0.2) is 54.2 Å². The van der Waals surface area contributed by atoms with Gasteiger partial charge in [0.1, 0.15) is 6.33 Å². The van der Waals surface area contributed by atoms with Crippen LogP contribution in [0.15, 0.2) is 6.33 Å². The van der Waals surface area contributed by atoms with Gasteiger partial charge in [-0.1, -0.05) is 13.8 Å². The Balaban J connectivity index is 2.78. The van der Waals surface area contributed by atoms with Crippen molar-refractivity contribution in [3.8, 4) is 5.75 Å². The van der Waals surface area contributed by atoms with Crippen LogP contribution in [0.5, 0.6) is 5.75 Å². The van der Waals surface area contributed by atoms with Crippen molar-refractivity contribution in [3.05, 3.63) is 6.33 Å². The van der Waals surface area contributed by atoms with E-state index in [1.165, 1.54) is 0 Å². The highest BCUT2D eigenvalue weighted by atomic mass is 16.5. The molecule has 1 heterocycles. The number of ether oxygens (including phenoxy) is 1. The highest BCUT2D eigenvalue weighted by Gasteiger charge is 2.14. The quantitative estimate of drug-likeness (QED) is 0.722. The topological polar surface area (TPSA) is 62.3 Å². The minimum absolute atomic E-state index is 0.285. The molecule has 0 aliphatic carbocycles. The van der Waals surface area contributed by atoms with Gasteiger partial charge >= 0.3 is 0 Å². The Morgan fingerprint density at radius 3 is 2.40 bits per heavy atom. The highest BCUT2D eigenvalue weighted by molar-refractivity contribution is 5.63. The van der Waals surface area contributed by atoms with Crippen molar-refractivity contribution >= 4 is 11.6 Å². The second kappa shape index (κ2) is 8.58. The third-order valence-corrected chi connectivity index (χ3v) is 3.16. The molecule has 1 atom stereocenters. The highest BCUT2D eigenvalue weighted by Crippen LogP contribution is 2.29. The summed E-state index contributed by atoms with van der Waals surface area (Å²) in [6.45, 7) is 12.4. The Morgan fingerprint density at radius 2 is 1.85 bits per heavy atom. The summed E-state index contributed by atoms with van der Waals surface area (Å²) in [7, 11) is 1.64. The molecule has 0 radical (unpaired) electrons. The van der Waals surface area contributed by atoms with Gasteiger partial charge in [-0.3, -0.25) is 0 Å². The molecule has 0 aliphatic rings. The van der Waals surface area contributed by atoms with Crippen molar-refractivity contribution in [1.29, 1.82) is 0 Å². The SMILES string of the molecule is CCNc1ncnc(NC(C)CN(CC)CC)c1OC. The molecule has 6 nitrogen and oxygen atoms in total. The Labute approximate surface area is 121 Å². The van der Waals surface area contributed by atoms with Gasteiger partial charge in [0.15, 0.2) is 11.6 Å². The van der Waals surface area contributed by atoms with Crippen molar-refractivity contribution < 1.29 is 4.74 Å². The van der Waals surface area contributed by atoms with Crippen LogP contribution >= 0.6 is 0 Å². The molecule has 6 heteroatoms. The molecule has 1 aromatic heterocycles. The second-order valence-electron chi connectivity index (χ2n) is 4.67. The van der Waals surface area contributed by atoms with Crippen LogP contribution in [0, 0.1) is 0 Å². The van der Waals surface area contributed by atoms with Crippen LogP contribution in [0.4, 0.5) is 11.6 Å². The molecule has 1 rings (SSSR count). The molecule has 20 heavy (non-hydrogen) atoms. The molecule has 1 unspecified atom stereocenters. The van der Waals surface area contributed by atoms with Crippen molar-refractivity contribution in [2.24, 2.45) is 0 Å². The average Bonchev–Trinajstić information content (AvgIpc) is 2.45. The average molecular weight is 281 g/mol. The van der Waals surface area contributed by atoms with Crippen molar-refractivity contribution in [2.75, 3.05) is 43.9 Å². The lowest BCUT2D eigenvalue weighted by Crippen LogP contribution is -2.35. The molecule has 0 spiro atoms. The molecular formula is C14H27N5O. The lowest BCUT2D eigenvalue weighted by molar-refractivity contribution is 0.294. The van der Waals surface area contributed by atoms with E-state index < -0.39 is 0 Å². The van der Waals surface area contributed by atoms with E-state index in [1.54, 1.807) is 13.4 Å². The zero-order valence-corrected chi connectivity index (χ0v) is 13.2. The molecule has 0 amide bonds. The lowest BCUT2D eigenvalue weighted by atomic mass is 10.3. The molecule has 2 N–H and O–H groups in total. The lowest BCUT2D eigenvalue weighted by Gasteiger charge is -2.24. The first kappa shape index (κ1) is 16.5. The summed E-state index contributed by atoms with van der Waals surface area (Å²) in [4.78, 5) is 10.9. The van der Waals surface area contributed by atoms with Gasteiger partial charge in [-0.25, -0.2) is 9.97 Å². The zero-order valence-electron chi connectivity index (χ0n) is 13.2. The molecule has 114 valence electrons. The minimum Gasteiger partial charge on any atom is -0.490 e. The van der Waals surface area contributed by atoms with Gasteiger partial charge in [-0.2, -0.15) is 0 Å². The maximum atomic E-state index is 5.42. The molecular weight excluding hydrogens is 254 g/mol. The maximum Gasteiger partial charge on any atom is 0.204 e. The first-order valence-corrected chi connectivity index (χ1v) is 7.27. The molecule has 0 fully saturated rings. The second-order valence-corrected chi connectivity index (χ2v) is 4.67. The van der Waals surface area contributed by atoms with Crippen LogP contribution in [0.2, 0.25) is 0 Å². The predicted molar refractivity (Wildman–Crippen MR) is 83.6 cm³/mol. The summed E-state index contributed by atoms with van der Waals surface area (Å²) in [5, 5.41) is 6.58. The number of hydrogen-bond acceptors (Lipinski definition) is 6. The number of rotatable bonds is 9. The third kappa shape index (κ3) is 4.52. The van der Waals surface area contributed by atoms with E-state index in [1.807, 2.05) is 6.92 Å². The van der Waals surface area contributed by atoms with Crippen LogP contribution in [0.25, 0.3) is 0 Å². The molecule has 0 saturated heterocycles. The van der Waals surface area contributed by atoms with Gasteiger partial charge in [0.25, 0.3) is 0 Å². The van der Waals surface area contributed by atoms with Gasteiger partial charge in [-0.05, 0) is 26.9 Å². The number of methoxy groups -OCH3 is 1. The standard InChI is InChI=1S/C14H27N5O/c1-6-15-13-12(20-5)14(17-10-16-13)18-11(4)9-19(7-2)8-3/h10-11H,6-9H2,1-5H3,(H2,15,16,17,18). The summed E-state index contributed by atoms with van der Waals surface area (Å²) < 4.78 is 5.42. The van der Waals surface area contributed by atoms with E-state index >= 15 is 0 Å². The number of likely N-dealkylation sites (N-methyl/N-ethyl adjacent to an activating group) is 1. The summed E-state index contributed by atoms with van der Waals surface area (Å²) in [5.41, 5.74) is 0. The van der Waals surface area contributed by atoms with E-state index in [4.69, 9.17) is 4.74 Å². The van der Waals surface area contributed by atoms with Crippen LogP contribution < -0.4 is 15.4 Å². The summed E-state index contributed by atoms with van der Waals surface area (Å²) in [6, 6.07) is 0.285. The van der Waals surface area contributed by atoms with Gasteiger partial charge in [0.2, 0.25) is 5.75 Å². The normalized spacial score (nSPS) is 12.3. The Morgan fingerprint density at radius 1 is 1.20 bits per heavy atom. The Hall–Kier alpha value is -1.56.